The Kier molecular flexibility index (Phi) is 6.32. The van der Waals surface area contributed by atoms with Crippen LogP contribution in [0.4, 0.5) is 5.82 Å². The van der Waals surface area contributed by atoms with Gasteiger partial charge in [0.05, 0.1) is 6.21 Å². The summed E-state index contributed by atoms with van der Waals surface area (Å²) in [6, 6.07) is 6.52. The fraction of sp³-hybridized carbons (Fsp3) is 0.235. The Bertz CT molecular complexity index is 1060. The minimum atomic E-state index is -1.06. The third kappa shape index (κ3) is 4.76. The molecule has 13 nitrogen and oxygen atoms in total. The zero-order valence-electron chi connectivity index (χ0n) is 15.9. The highest BCUT2D eigenvalue weighted by Crippen LogP contribution is 2.11. The minimum Gasteiger partial charge on any atom is -0.482 e. The van der Waals surface area contributed by atoms with Crippen molar-refractivity contribution in [2.75, 3.05) is 12.3 Å². The summed E-state index contributed by atoms with van der Waals surface area (Å²) in [5, 5.41) is 26.4. The normalized spacial score (nSPS) is 11.0. The second-order valence-corrected chi connectivity index (χ2v) is 6.02. The summed E-state index contributed by atoms with van der Waals surface area (Å²) < 4.78 is 11.1. The highest BCUT2D eigenvalue weighted by molar-refractivity contribution is 5.93. The van der Waals surface area contributed by atoms with Crippen LogP contribution < -0.4 is 20.6 Å². The number of carboxylic acid groups (broad SMARTS) is 1. The number of hydrazone groups is 1. The van der Waals surface area contributed by atoms with Crippen molar-refractivity contribution >= 4 is 23.9 Å². The number of aromatic amines is 1. The van der Waals surface area contributed by atoms with E-state index in [1.165, 1.54) is 10.9 Å². The molecule has 0 saturated heterocycles. The third-order valence-corrected chi connectivity index (χ3v) is 3.84. The first-order valence-electron chi connectivity index (χ1n) is 8.85. The zero-order chi connectivity index (χ0) is 21.5. The predicted octanol–water partition coefficient (Wildman–Crippen LogP) is -0.169. The molecule has 0 radical (unpaired) electrons. The highest BCUT2D eigenvalue weighted by atomic mass is 16.6. The number of nitrogens with two attached hydrogens (primary N) is 1. The van der Waals surface area contributed by atoms with E-state index in [4.69, 9.17) is 15.6 Å². The lowest BCUT2D eigenvalue weighted by atomic mass is 10.2. The summed E-state index contributed by atoms with van der Waals surface area (Å²) in [5.74, 6) is -0.917. The maximum atomic E-state index is 12.5. The summed E-state index contributed by atoms with van der Waals surface area (Å²) in [6.07, 6.45) is 2.69. The van der Waals surface area contributed by atoms with Gasteiger partial charge >= 0.3 is 17.7 Å². The SMILES string of the molecule is CCCc1c(C(=O)N/N=C/c2ccc(OCC(=O)O)cc2)n[nH][n+]1-c1nonc1N. The van der Waals surface area contributed by atoms with E-state index in [0.29, 0.717) is 23.4 Å². The molecule has 2 aromatic heterocycles. The van der Waals surface area contributed by atoms with Gasteiger partial charge < -0.3 is 15.6 Å². The molecule has 0 saturated carbocycles. The molecular weight excluding hydrogens is 396 g/mol. The number of anilines is 1. The molecule has 13 heteroatoms. The van der Waals surface area contributed by atoms with E-state index in [-0.39, 0.29) is 17.3 Å². The molecule has 0 atom stereocenters. The lowest BCUT2D eigenvalue weighted by Crippen LogP contribution is -2.39. The number of nitrogens with one attached hydrogen (secondary N) is 2. The number of carbonyl (C=O) groups is 2. The fourth-order valence-corrected chi connectivity index (χ4v) is 2.51. The average molecular weight is 415 g/mol. The Balaban J connectivity index is 1.68. The van der Waals surface area contributed by atoms with Crippen LogP contribution in [0.5, 0.6) is 5.75 Å². The Morgan fingerprint density at radius 1 is 1.37 bits per heavy atom. The van der Waals surface area contributed by atoms with Crippen LogP contribution >= 0.6 is 0 Å². The van der Waals surface area contributed by atoms with Crippen molar-refractivity contribution in [2.24, 2.45) is 5.10 Å². The Hall–Kier alpha value is -4.29. The molecule has 1 amide bonds. The van der Waals surface area contributed by atoms with E-state index < -0.39 is 18.5 Å². The second kappa shape index (κ2) is 9.27. The quantitative estimate of drug-likeness (QED) is 0.209. The first-order valence-corrected chi connectivity index (χ1v) is 8.85. The number of hydrogen-bond acceptors (Lipinski definition) is 9. The molecule has 0 fully saturated rings. The van der Waals surface area contributed by atoms with Gasteiger partial charge in [-0.1, -0.05) is 6.92 Å². The Morgan fingerprint density at radius 2 is 2.13 bits per heavy atom. The van der Waals surface area contributed by atoms with E-state index >= 15 is 0 Å². The van der Waals surface area contributed by atoms with Crippen LogP contribution in [0.1, 0.15) is 35.1 Å². The van der Waals surface area contributed by atoms with Crippen molar-refractivity contribution < 1.29 is 28.7 Å². The molecule has 1 aromatic carbocycles. The number of nitrogen functional groups attached to an aromatic ring is 1. The molecule has 0 aliphatic rings. The van der Waals surface area contributed by atoms with Gasteiger partial charge in [-0.05, 0) is 46.5 Å². The van der Waals surface area contributed by atoms with Gasteiger partial charge in [-0.25, -0.2) is 10.2 Å². The molecule has 5 N–H and O–H groups in total. The summed E-state index contributed by atoms with van der Waals surface area (Å²) in [5.41, 5.74) is 9.48. The first kappa shape index (κ1) is 20.4. The smallest absolute Gasteiger partial charge is 0.376 e. The van der Waals surface area contributed by atoms with Crippen molar-refractivity contribution in [1.82, 2.24) is 26.1 Å². The Morgan fingerprint density at radius 3 is 2.77 bits per heavy atom. The number of aliphatic carboxylic acids is 1. The summed E-state index contributed by atoms with van der Waals surface area (Å²) in [4.78, 5) is 23.0. The van der Waals surface area contributed by atoms with Crippen molar-refractivity contribution in [3.8, 4) is 11.6 Å². The van der Waals surface area contributed by atoms with Crippen LogP contribution in [0.3, 0.4) is 0 Å². The predicted molar refractivity (Wildman–Crippen MR) is 101 cm³/mol. The molecule has 0 bridgehead atoms. The van der Waals surface area contributed by atoms with Gasteiger partial charge in [0.2, 0.25) is 0 Å². The minimum absolute atomic E-state index is 0.0572. The van der Waals surface area contributed by atoms with Gasteiger partial charge in [0.1, 0.15) is 10.9 Å². The number of H-pyrrole nitrogens is 1. The van der Waals surface area contributed by atoms with Gasteiger partial charge in [0.25, 0.3) is 11.5 Å². The third-order valence-electron chi connectivity index (χ3n) is 3.84. The van der Waals surface area contributed by atoms with Gasteiger partial charge in [0, 0.05) is 6.42 Å². The first-order chi connectivity index (χ1) is 14.5. The van der Waals surface area contributed by atoms with Crippen molar-refractivity contribution in [1.29, 1.82) is 0 Å². The van der Waals surface area contributed by atoms with E-state index in [1.54, 1.807) is 24.3 Å². The van der Waals surface area contributed by atoms with Crippen LogP contribution in [0.25, 0.3) is 5.82 Å². The molecule has 0 spiro atoms. The van der Waals surface area contributed by atoms with E-state index in [0.717, 1.165) is 6.42 Å². The lowest BCUT2D eigenvalue weighted by molar-refractivity contribution is -0.670. The largest absolute Gasteiger partial charge is 0.482 e. The van der Waals surface area contributed by atoms with Gasteiger partial charge in [-0.15, -0.1) is 9.90 Å². The van der Waals surface area contributed by atoms with Crippen LogP contribution in [-0.2, 0) is 11.2 Å². The topological polar surface area (TPSA) is 185 Å². The van der Waals surface area contributed by atoms with Gasteiger partial charge in [-0.3, -0.25) is 4.79 Å². The number of benzene rings is 1. The number of hydrogen-bond donors (Lipinski definition) is 4. The molecule has 156 valence electrons. The number of ether oxygens (including phenoxy) is 1. The maximum absolute atomic E-state index is 12.5. The number of carbonyl (C=O) groups excluding carboxylic acids is 1. The van der Waals surface area contributed by atoms with Crippen LogP contribution in [0.2, 0.25) is 0 Å². The van der Waals surface area contributed by atoms with Crippen molar-refractivity contribution in [3.05, 3.63) is 41.2 Å². The lowest BCUT2D eigenvalue weighted by Gasteiger charge is -2.02. The number of nitrogens with zero attached hydrogens (tertiary/aromatic N) is 5. The monoisotopic (exact) mass is 415 g/mol. The molecule has 2 heterocycles. The van der Waals surface area contributed by atoms with Crippen LogP contribution in [0.15, 0.2) is 34.0 Å². The van der Waals surface area contributed by atoms with E-state index in [9.17, 15) is 9.59 Å². The van der Waals surface area contributed by atoms with Crippen LogP contribution in [0, 0.1) is 0 Å². The van der Waals surface area contributed by atoms with E-state index in [1.807, 2.05) is 6.92 Å². The summed E-state index contributed by atoms with van der Waals surface area (Å²) in [6.45, 7) is 1.52. The van der Waals surface area contributed by atoms with Gasteiger partial charge in [-0.2, -0.15) is 9.73 Å². The molecule has 3 aromatic rings. The Labute approximate surface area is 169 Å². The van der Waals surface area contributed by atoms with Crippen molar-refractivity contribution in [2.45, 2.75) is 19.8 Å². The number of aromatic nitrogens is 5. The second-order valence-electron chi connectivity index (χ2n) is 6.02. The maximum Gasteiger partial charge on any atom is 0.376 e. The van der Waals surface area contributed by atoms with Gasteiger partial charge in [0.15, 0.2) is 12.3 Å². The fourth-order valence-electron chi connectivity index (χ4n) is 2.51. The van der Waals surface area contributed by atoms with E-state index in [2.05, 4.69) is 35.8 Å². The average Bonchev–Trinajstić information content (AvgIpc) is 3.33. The number of carboxylic acids is 1. The molecule has 0 aliphatic carbocycles. The zero-order valence-corrected chi connectivity index (χ0v) is 15.9. The summed E-state index contributed by atoms with van der Waals surface area (Å²) >= 11 is 0. The van der Waals surface area contributed by atoms with Crippen molar-refractivity contribution in [3.63, 3.8) is 0 Å². The molecule has 30 heavy (non-hydrogen) atoms. The number of rotatable bonds is 9. The highest BCUT2D eigenvalue weighted by Gasteiger charge is 2.29. The van der Waals surface area contributed by atoms with Crippen LogP contribution in [-0.4, -0.2) is 50.4 Å². The molecule has 3 rings (SSSR count). The molecule has 0 aliphatic heterocycles. The summed E-state index contributed by atoms with van der Waals surface area (Å²) in [7, 11) is 0. The standard InChI is InChI=1S/C17H18N8O5/c1-2-3-12-14(20-24-25(12)16-15(18)22-30-23-16)17(28)21-19-8-10-4-6-11(7-5-10)29-9-13(26)27/h4-8H,2-3,9H2,1H3,(H4,18,21,22,26,27,28)/p+1/b19-8+. The molecular formula is C17H19N8O5+. The number of amides is 1. The molecule has 0 unspecified atom stereocenters.